The normalized spacial score (nSPS) is 12.7. The fourth-order valence-corrected chi connectivity index (χ4v) is 2.30. The van der Waals surface area contributed by atoms with Gasteiger partial charge in [0.05, 0.1) is 0 Å². The summed E-state index contributed by atoms with van der Waals surface area (Å²) in [4.78, 5) is 0. The van der Waals surface area contributed by atoms with Crippen LogP contribution in [0.3, 0.4) is 0 Å². The predicted molar refractivity (Wildman–Crippen MR) is 72.4 cm³/mol. The molecule has 0 heterocycles. The van der Waals surface area contributed by atoms with E-state index >= 15 is 0 Å². The average molecular weight is 260 g/mol. The van der Waals surface area contributed by atoms with E-state index in [1.54, 1.807) is 18.2 Å². The number of benzene rings is 1. The van der Waals surface area contributed by atoms with Crippen LogP contribution in [0.4, 0.5) is 0 Å². The molecule has 0 amide bonds. The minimum atomic E-state index is 0.260. The molecule has 1 aromatic carbocycles. The van der Waals surface area contributed by atoms with E-state index in [2.05, 4.69) is 19.2 Å². The zero-order valence-corrected chi connectivity index (χ0v) is 11.2. The van der Waals surface area contributed by atoms with E-state index in [1.807, 2.05) is 11.8 Å². The lowest BCUT2D eigenvalue weighted by Gasteiger charge is -2.14. The Labute approximate surface area is 106 Å². The molecule has 0 saturated carbocycles. The summed E-state index contributed by atoms with van der Waals surface area (Å²) in [7, 11) is 0. The van der Waals surface area contributed by atoms with E-state index in [9.17, 15) is 5.11 Å². The van der Waals surface area contributed by atoms with Crippen molar-refractivity contribution in [2.45, 2.75) is 26.4 Å². The molecular formula is C12H18ClNOS. The molecule has 2 N–H and O–H groups in total. The number of phenolic OH excluding ortho intramolecular Hbond substituents is 1. The molecule has 1 rings (SSSR count). The van der Waals surface area contributed by atoms with Gasteiger partial charge >= 0.3 is 0 Å². The van der Waals surface area contributed by atoms with Gasteiger partial charge in [0.2, 0.25) is 0 Å². The van der Waals surface area contributed by atoms with E-state index in [0.29, 0.717) is 17.6 Å². The van der Waals surface area contributed by atoms with Crippen molar-refractivity contribution in [2.24, 2.45) is 0 Å². The molecule has 0 aliphatic heterocycles. The first kappa shape index (κ1) is 13.7. The summed E-state index contributed by atoms with van der Waals surface area (Å²) in [5.41, 5.74) is 0.775. The van der Waals surface area contributed by atoms with Crippen molar-refractivity contribution in [1.82, 2.24) is 5.32 Å². The van der Waals surface area contributed by atoms with Gasteiger partial charge in [0.1, 0.15) is 5.75 Å². The van der Waals surface area contributed by atoms with E-state index in [0.717, 1.165) is 17.1 Å². The minimum Gasteiger partial charge on any atom is -0.508 e. The van der Waals surface area contributed by atoms with Gasteiger partial charge in [-0.2, -0.15) is 11.8 Å². The SMILES string of the molecule is CCSCC(C)NCc1c(O)cccc1Cl. The van der Waals surface area contributed by atoms with Crippen LogP contribution < -0.4 is 5.32 Å². The highest BCUT2D eigenvalue weighted by Crippen LogP contribution is 2.24. The molecule has 4 heteroatoms. The van der Waals surface area contributed by atoms with Crippen molar-refractivity contribution in [3.8, 4) is 5.75 Å². The lowest BCUT2D eigenvalue weighted by molar-refractivity contribution is 0.462. The molecule has 2 nitrogen and oxygen atoms in total. The molecule has 90 valence electrons. The van der Waals surface area contributed by atoms with Crippen molar-refractivity contribution in [2.75, 3.05) is 11.5 Å². The second-order valence-electron chi connectivity index (χ2n) is 3.68. The van der Waals surface area contributed by atoms with Crippen molar-refractivity contribution in [3.05, 3.63) is 28.8 Å². The largest absolute Gasteiger partial charge is 0.508 e. The van der Waals surface area contributed by atoms with Crippen LogP contribution in [0.25, 0.3) is 0 Å². The fraction of sp³-hybridized carbons (Fsp3) is 0.500. The third kappa shape index (κ3) is 4.24. The van der Waals surface area contributed by atoms with E-state index < -0.39 is 0 Å². The van der Waals surface area contributed by atoms with Gasteiger partial charge in [-0.1, -0.05) is 24.6 Å². The summed E-state index contributed by atoms with van der Waals surface area (Å²) in [6.07, 6.45) is 0. The molecule has 0 saturated heterocycles. The van der Waals surface area contributed by atoms with Gasteiger partial charge in [-0.15, -0.1) is 0 Å². The number of nitrogens with one attached hydrogen (secondary N) is 1. The standard InChI is InChI=1S/C12H18ClNOS/c1-3-16-8-9(2)14-7-10-11(13)5-4-6-12(10)15/h4-6,9,14-15H,3,7-8H2,1-2H3. The van der Waals surface area contributed by atoms with Gasteiger partial charge in [0.15, 0.2) is 0 Å². The number of phenols is 1. The van der Waals surface area contributed by atoms with Crippen LogP contribution >= 0.6 is 23.4 Å². The summed E-state index contributed by atoms with van der Waals surface area (Å²) < 4.78 is 0. The molecule has 0 bridgehead atoms. The van der Waals surface area contributed by atoms with Crippen molar-refractivity contribution < 1.29 is 5.11 Å². The Hall–Kier alpha value is -0.380. The molecule has 1 aromatic rings. The highest BCUT2D eigenvalue weighted by molar-refractivity contribution is 7.99. The number of aromatic hydroxyl groups is 1. The lowest BCUT2D eigenvalue weighted by atomic mass is 10.2. The van der Waals surface area contributed by atoms with Crippen LogP contribution in [0, 0.1) is 0 Å². The summed E-state index contributed by atoms with van der Waals surface area (Å²) in [6.45, 7) is 4.89. The Kier molecular flexibility index (Phi) is 6.03. The summed E-state index contributed by atoms with van der Waals surface area (Å²) in [6, 6.07) is 5.62. The Balaban J connectivity index is 2.48. The van der Waals surface area contributed by atoms with Crippen molar-refractivity contribution >= 4 is 23.4 Å². The quantitative estimate of drug-likeness (QED) is 0.822. The molecule has 0 aromatic heterocycles. The van der Waals surface area contributed by atoms with E-state index in [-0.39, 0.29) is 5.75 Å². The molecule has 0 aliphatic rings. The molecule has 1 atom stereocenters. The van der Waals surface area contributed by atoms with Crippen LogP contribution in [0.2, 0.25) is 5.02 Å². The first-order valence-corrected chi connectivity index (χ1v) is 6.96. The number of halogens is 1. The molecule has 0 radical (unpaired) electrons. The second kappa shape index (κ2) is 7.05. The zero-order chi connectivity index (χ0) is 12.0. The van der Waals surface area contributed by atoms with Crippen LogP contribution in [0.1, 0.15) is 19.4 Å². The summed E-state index contributed by atoms with van der Waals surface area (Å²) >= 11 is 7.91. The Bertz CT molecular complexity index is 313. The smallest absolute Gasteiger partial charge is 0.121 e. The average Bonchev–Trinajstić information content (AvgIpc) is 2.25. The van der Waals surface area contributed by atoms with Gasteiger partial charge in [-0.3, -0.25) is 0 Å². The van der Waals surface area contributed by atoms with Gasteiger partial charge in [0.25, 0.3) is 0 Å². The lowest BCUT2D eigenvalue weighted by Crippen LogP contribution is -2.27. The Morgan fingerprint density at radius 2 is 2.25 bits per heavy atom. The Morgan fingerprint density at radius 1 is 1.50 bits per heavy atom. The van der Waals surface area contributed by atoms with Gasteiger partial charge in [-0.25, -0.2) is 0 Å². The number of rotatable bonds is 6. The van der Waals surface area contributed by atoms with Gasteiger partial charge in [-0.05, 0) is 24.8 Å². The number of hydrogen-bond donors (Lipinski definition) is 2. The monoisotopic (exact) mass is 259 g/mol. The molecule has 16 heavy (non-hydrogen) atoms. The van der Waals surface area contributed by atoms with Gasteiger partial charge in [0, 0.05) is 28.9 Å². The van der Waals surface area contributed by atoms with E-state index in [4.69, 9.17) is 11.6 Å². The highest BCUT2D eigenvalue weighted by atomic mass is 35.5. The molecule has 0 fully saturated rings. The van der Waals surface area contributed by atoms with Crippen LogP contribution in [0.15, 0.2) is 18.2 Å². The predicted octanol–water partition coefficient (Wildman–Crippen LogP) is 3.28. The zero-order valence-electron chi connectivity index (χ0n) is 9.66. The maximum atomic E-state index is 9.65. The van der Waals surface area contributed by atoms with Crippen LogP contribution in [0.5, 0.6) is 5.75 Å². The van der Waals surface area contributed by atoms with Gasteiger partial charge < -0.3 is 10.4 Å². The Morgan fingerprint density at radius 3 is 2.88 bits per heavy atom. The maximum absolute atomic E-state index is 9.65. The minimum absolute atomic E-state index is 0.260. The maximum Gasteiger partial charge on any atom is 0.121 e. The molecule has 0 aliphatic carbocycles. The van der Waals surface area contributed by atoms with Crippen molar-refractivity contribution in [3.63, 3.8) is 0 Å². The summed E-state index contributed by atoms with van der Waals surface area (Å²) in [5, 5.41) is 13.6. The number of thioether (sulfide) groups is 1. The fourth-order valence-electron chi connectivity index (χ4n) is 1.35. The summed E-state index contributed by atoms with van der Waals surface area (Å²) in [5.74, 6) is 2.46. The molecular weight excluding hydrogens is 242 g/mol. The van der Waals surface area contributed by atoms with Crippen molar-refractivity contribution in [1.29, 1.82) is 0 Å². The molecule has 1 unspecified atom stereocenters. The first-order valence-electron chi connectivity index (χ1n) is 5.42. The van der Waals surface area contributed by atoms with Crippen LogP contribution in [-0.2, 0) is 6.54 Å². The third-order valence-corrected chi connectivity index (χ3v) is 3.79. The third-order valence-electron chi connectivity index (χ3n) is 2.29. The first-order chi connectivity index (χ1) is 7.65. The second-order valence-corrected chi connectivity index (χ2v) is 5.41. The molecule has 0 spiro atoms. The van der Waals surface area contributed by atoms with E-state index in [1.165, 1.54) is 0 Å². The number of hydrogen-bond acceptors (Lipinski definition) is 3. The van der Waals surface area contributed by atoms with Crippen LogP contribution in [-0.4, -0.2) is 22.7 Å². The topological polar surface area (TPSA) is 32.3 Å². The highest BCUT2D eigenvalue weighted by Gasteiger charge is 2.07.